The van der Waals surface area contributed by atoms with Gasteiger partial charge in [-0.25, -0.2) is 4.79 Å². The van der Waals surface area contributed by atoms with Crippen LogP contribution < -0.4 is 5.32 Å². The van der Waals surface area contributed by atoms with Crippen molar-refractivity contribution in [3.05, 3.63) is 83.1 Å². The number of hydrogen-bond acceptors (Lipinski definition) is 6. The number of β-lactam (4-membered cyclic amide) rings is 1. The maximum atomic E-state index is 13.0. The van der Waals surface area contributed by atoms with E-state index in [9.17, 15) is 19.2 Å². The molecule has 8 heteroatoms. The number of esters is 1. The van der Waals surface area contributed by atoms with Crippen molar-refractivity contribution in [3.8, 4) is 0 Å². The number of carbonyl (C=O) groups excluding carboxylic acids is 4. The second-order valence-electron chi connectivity index (χ2n) is 7.84. The number of ether oxygens (including phenoxy) is 2. The largest absolute Gasteiger partial charge is 0.456 e. The molecule has 0 saturated carbocycles. The Kier molecular flexibility index (Phi) is 7.74. The highest BCUT2D eigenvalue weighted by molar-refractivity contribution is 6.03. The van der Waals surface area contributed by atoms with E-state index in [-0.39, 0.29) is 24.7 Å². The molecule has 172 valence electrons. The first-order valence-electron chi connectivity index (χ1n) is 10.5. The molecule has 0 unspecified atom stereocenters. The van der Waals surface area contributed by atoms with Crippen LogP contribution in [0, 0.1) is 0 Å². The van der Waals surface area contributed by atoms with Gasteiger partial charge in [-0.3, -0.25) is 19.3 Å². The molecule has 2 amide bonds. The fourth-order valence-corrected chi connectivity index (χ4v) is 3.36. The Morgan fingerprint density at radius 1 is 0.939 bits per heavy atom. The lowest BCUT2D eigenvalue weighted by Crippen LogP contribution is -2.71. The molecule has 33 heavy (non-hydrogen) atoms. The first-order chi connectivity index (χ1) is 15.8. The summed E-state index contributed by atoms with van der Waals surface area (Å²) >= 11 is 0. The fourth-order valence-electron chi connectivity index (χ4n) is 3.36. The van der Waals surface area contributed by atoms with Gasteiger partial charge in [0.2, 0.25) is 0 Å². The zero-order chi connectivity index (χ0) is 24.0. The van der Waals surface area contributed by atoms with Crippen LogP contribution in [0.5, 0.6) is 0 Å². The van der Waals surface area contributed by atoms with Crippen LogP contribution in [0.4, 0.5) is 0 Å². The second-order valence-corrected chi connectivity index (χ2v) is 7.84. The third kappa shape index (κ3) is 5.72. The molecule has 0 aromatic heterocycles. The number of nitrogens with one attached hydrogen (secondary N) is 1. The normalized spacial score (nSPS) is 17.1. The van der Waals surface area contributed by atoms with E-state index < -0.39 is 30.1 Å². The minimum Gasteiger partial charge on any atom is -0.456 e. The summed E-state index contributed by atoms with van der Waals surface area (Å²) in [5, 5.41) is 2.64. The monoisotopic (exact) mass is 450 g/mol. The molecule has 0 aliphatic carbocycles. The van der Waals surface area contributed by atoms with Crippen LogP contribution >= 0.6 is 0 Å². The lowest BCUT2D eigenvalue weighted by Gasteiger charge is -2.46. The topological polar surface area (TPSA) is 102 Å². The van der Waals surface area contributed by atoms with Crippen LogP contribution in [0.15, 0.2) is 71.9 Å². The standard InChI is InChI=1S/C25H26N2O6/c1-16(2)21(25(31)33-15-18-10-6-4-7-11-18)27-23(30)20(24(27)32-14-17(3)28)26-22(29)19-12-8-5-9-13-19/h4-13,20,24H,14-15H2,1-3H3,(H,26,29)/t20-,24-/m0/s1. The van der Waals surface area contributed by atoms with E-state index in [0.717, 1.165) is 10.5 Å². The first-order valence-corrected chi connectivity index (χ1v) is 10.5. The summed E-state index contributed by atoms with van der Waals surface area (Å²) in [5.41, 5.74) is 1.73. The summed E-state index contributed by atoms with van der Waals surface area (Å²) in [7, 11) is 0. The van der Waals surface area contributed by atoms with E-state index in [1.165, 1.54) is 6.92 Å². The van der Waals surface area contributed by atoms with Gasteiger partial charge in [0.15, 0.2) is 18.1 Å². The molecular formula is C25H26N2O6. The number of hydrogen-bond donors (Lipinski definition) is 1. The van der Waals surface area contributed by atoms with E-state index in [2.05, 4.69) is 5.32 Å². The molecule has 2 aromatic carbocycles. The summed E-state index contributed by atoms with van der Waals surface area (Å²) in [6, 6.07) is 16.5. The predicted molar refractivity (Wildman–Crippen MR) is 120 cm³/mol. The Bertz CT molecular complexity index is 1060. The molecule has 1 heterocycles. The van der Waals surface area contributed by atoms with Crippen LogP contribution in [0.25, 0.3) is 0 Å². The van der Waals surface area contributed by atoms with Crippen LogP contribution in [0.1, 0.15) is 36.7 Å². The summed E-state index contributed by atoms with van der Waals surface area (Å²) in [6.07, 6.45) is -1.02. The number of likely N-dealkylation sites (tertiary alicyclic amines) is 1. The Morgan fingerprint density at radius 2 is 1.55 bits per heavy atom. The minimum atomic E-state index is -1.05. The Labute approximate surface area is 192 Å². The number of benzene rings is 2. The van der Waals surface area contributed by atoms with Crippen LogP contribution in [-0.4, -0.2) is 47.3 Å². The molecule has 0 bridgehead atoms. The third-order valence-corrected chi connectivity index (χ3v) is 4.94. The molecule has 0 radical (unpaired) electrons. The van der Waals surface area contributed by atoms with Crippen LogP contribution in [0.2, 0.25) is 0 Å². The molecule has 2 atom stereocenters. The molecule has 3 rings (SSSR count). The lowest BCUT2D eigenvalue weighted by atomic mass is 10.0. The Morgan fingerprint density at radius 3 is 2.12 bits per heavy atom. The van der Waals surface area contributed by atoms with E-state index >= 15 is 0 Å². The van der Waals surface area contributed by atoms with Gasteiger partial charge in [-0.15, -0.1) is 0 Å². The van der Waals surface area contributed by atoms with E-state index in [4.69, 9.17) is 9.47 Å². The van der Waals surface area contributed by atoms with Gasteiger partial charge in [0, 0.05) is 5.56 Å². The summed E-state index contributed by atoms with van der Waals surface area (Å²) < 4.78 is 11.0. The van der Waals surface area contributed by atoms with Crippen molar-refractivity contribution in [2.45, 2.75) is 39.6 Å². The van der Waals surface area contributed by atoms with E-state index in [1.807, 2.05) is 30.3 Å². The highest BCUT2D eigenvalue weighted by Crippen LogP contribution is 2.29. The predicted octanol–water partition coefficient (Wildman–Crippen LogP) is 2.60. The van der Waals surface area contributed by atoms with Gasteiger partial charge in [0.1, 0.15) is 18.9 Å². The van der Waals surface area contributed by atoms with Crippen molar-refractivity contribution in [1.29, 1.82) is 0 Å². The van der Waals surface area contributed by atoms with Crippen molar-refractivity contribution in [1.82, 2.24) is 10.2 Å². The average Bonchev–Trinajstić information content (AvgIpc) is 2.81. The van der Waals surface area contributed by atoms with Crippen molar-refractivity contribution < 1.29 is 28.7 Å². The van der Waals surface area contributed by atoms with Crippen molar-refractivity contribution in [2.75, 3.05) is 6.61 Å². The highest BCUT2D eigenvalue weighted by atomic mass is 16.5. The van der Waals surface area contributed by atoms with Gasteiger partial charge in [0.25, 0.3) is 11.8 Å². The molecule has 2 aromatic rings. The summed E-state index contributed by atoms with van der Waals surface area (Å²) in [6.45, 7) is 4.44. The number of allylic oxidation sites excluding steroid dienone is 1. The average molecular weight is 450 g/mol. The number of rotatable bonds is 9. The van der Waals surface area contributed by atoms with Crippen molar-refractivity contribution in [2.24, 2.45) is 0 Å². The van der Waals surface area contributed by atoms with E-state index in [0.29, 0.717) is 11.1 Å². The number of ketones is 1. The number of Topliss-reactive ketones (excluding diaryl/α,β-unsaturated/α-hetero) is 1. The SMILES string of the molecule is CC(=O)CO[C@H]1[C@@H](NC(=O)c2ccccc2)C(=O)N1C(C(=O)OCc1ccccc1)=C(C)C. The van der Waals surface area contributed by atoms with Crippen LogP contribution in [0.3, 0.4) is 0 Å². The van der Waals surface area contributed by atoms with Crippen molar-refractivity contribution in [3.63, 3.8) is 0 Å². The molecular weight excluding hydrogens is 424 g/mol. The summed E-state index contributed by atoms with van der Waals surface area (Å²) in [5.74, 6) is -1.94. The Hall–Kier alpha value is -3.78. The molecule has 8 nitrogen and oxygen atoms in total. The Balaban J connectivity index is 1.78. The quantitative estimate of drug-likeness (QED) is 0.358. The van der Waals surface area contributed by atoms with Gasteiger partial charge in [-0.2, -0.15) is 0 Å². The zero-order valence-electron chi connectivity index (χ0n) is 18.7. The molecule has 1 aliphatic heterocycles. The maximum Gasteiger partial charge on any atom is 0.355 e. The smallest absolute Gasteiger partial charge is 0.355 e. The summed E-state index contributed by atoms with van der Waals surface area (Å²) in [4.78, 5) is 51.1. The number of amides is 2. The van der Waals surface area contributed by atoms with Gasteiger partial charge in [0.05, 0.1) is 0 Å². The zero-order valence-corrected chi connectivity index (χ0v) is 18.7. The molecule has 1 saturated heterocycles. The number of nitrogens with zero attached hydrogens (tertiary/aromatic N) is 1. The number of carbonyl (C=O) groups is 4. The minimum absolute atomic E-state index is 0.0229. The second kappa shape index (κ2) is 10.7. The highest BCUT2D eigenvalue weighted by Gasteiger charge is 2.53. The molecule has 1 N–H and O–H groups in total. The van der Waals surface area contributed by atoms with E-state index in [1.54, 1.807) is 44.2 Å². The van der Waals surface area contributed by atoms with Crippen molar-refractivity contribution >= 4 is 23.6 Å². The maximum absolute atomic E-state index is 13.0. The first kappa shape index (κ1) is 23.9. The van der Waals surface area contributed by atoms with Crippen LogP contribution in [-0.2, 0) is 30.5 Å². The van der Waals surface area contributed by atoms with Gasteiger partial charge in [-0.1, -0.05) is 48.5 Å². The van der Waals surface area contributed by atoms with Gasteiger partial charge >= 0.3 is 5.97 Å². The third-order valence-electron chi connectivity index (χ3n) is 4.94. The molecule has 1 fully saturated rings. The molecule has 0 spiro atoms. The molecule has 1 aliphatic rings. The fraction of sp³-hybridized carbons (Fsp3) is 0.280. The lowest BCUT2D eigenvalue weighted by molar-refractivity contribution is -0.181. The van der Waals surface area contributed by atoms with Gasteiger partial charge < -0.3 is 14.8 Å². The van der Waals surface area contributed by atoms with Gasteiger partial charge in [-0.05, 0) is 44.0 Å².